The Morgan fingerprint density at radius 2 is 1.92 bits per heavy atom. The fourth-order valence-corrected chi connectivity index (χ4v) is 3.51. The molecule has 0 radical (unpaired) electrons. The molecule has 1 saturated carbocycles. The standard InChI is InChI=1S/C17H19F4NO2/c18-12-3-1-2-11(8-12)13-9-14(13)16(24)22-6-4-10(5-7-22)15(23)17(19,20)21/h1-3,8,10,13-15,23H,4-7,9H2. The van der Waals surface area contributed by atoms with Gasteiger partial charge in [0.05, 0.1) is 0 Å². The van der Waals surface area contributed by atoms with Gasteiger partial charge in [0.25, 0.3) is 0 Å². The smallest absolute Gasteiger partial charge is 0.383 e. The lowest BCUT2D eigenvalue weighted by atomic mass is 9.90. The first-order valence-electron chi connectivity index (χ1n) is 8.06. The first kappa shape index (κ1) is 17.2. The number of nitrogens with zero attached hydrogens (tertiary/aromatic N) is 1. The van der Waals surface area contributed by atoms with Gasteiger partial charge in [-0.1, -0.05) is 12.1 Å². The van der Waals surface area contributed by atoms with E-state index in [4.69, 9.17) is 0 Å². The van der Waals surface area contributed by atoms with Crippen LogP contribution in [0.25, 0.3) is 0 Å². The van der Waals surface area contributed by atoms with Crippen molar-refractivity contribution < 1.29 is 27.5 Å². The number of likely N-dealkylation sites (tertiary alicyclic amines) is 1. The summed E-state index contributed by atoms with van der Waals surface area (Å²) in [5.41, 5.74) is 0.788. The van der Waals surface area contributed by atoms with Gasteiger partial charge in [0.2, 0.25) is 5.91 Å². The average Bonchev–Trinajstić information content (AvgIpc) is 3.33. The molecule has 1 amide bonds. The summed E-state index contributed by atoms with van der Waals surface area (Å²) < 4.78 is 50.9. The largest absolute Gasteiger partial charge is 0.414 e. The second-order valence-electron chi connectivity index (χ2n) is 6.65. The number of rotatable bonds is 3. The molecule has 1 N–H and O–H groups in total. The first-order chi connectivity index (χ1) is 11.3. The molecule has 1 aromatic carbocycles. The Hall–Kier alpha value is -1.63. The third-order valence-corrected chi connectivity index (χ3v) is 5.02. The minimum atomic E-state index is -4.62. The third kappa shape index (κ3) is 3.55. The summed E-state index contributed by atoms with van der Waals surface area (Å²) in [4.78, 5) is 14.0. The van der Waals surface area contributed by atoms with Gasteiger partial charge in [-0.3, -0.25) is 4.79 Å². The van der Waals surface area contributed by atoms with E-state index in [1.54, 1.807) is 17.0 Å². The summed E-state index contributed by atoms with van der Waals surface area (Å²) in [5.74, 6) is -1.49. The molecule has 24 heavy (non-hydrogen) atoms. The SMILES string of the molecule is O=C(C1CC1c1cccc(F)c1)N1CCC(C(O)C(F)(F)F)CC1. The van der Waals surface area contributed by atoms with Gasteiger partial charge in [-0.15, -0.1) is 0 Å². The number of benzene rings is 1. The lowest BCUT2D eigenvalue weighted by Gasteiger charge is -2.35. The Kier molecular flexibility index (Phi) is 4.55. The summed E-state index contributed by atoms with van der Waals surface area (Å²) >= 11 is 0. The molecule has 1 heterocycles. The molecule has 3 nitrogen and oxygen atoms in total. The van der Waals surface area contributed by atoms with Crippen molar-refractivity contribution in [1.29, 1.82) is 0 Å². The van der Waals surface area contributed by atoms with Crippen LogP contribution >= 0.6 is 0 Å². The van der Waals surface area contributed by atoms with Gasteiger partial charge in [-0.05, 0) is 48.8 Å². The first-order valence-corrected chi connectivity index (χ1v) is 8.06. The highest BCUT2D eigenvalue weighted by Crippen LogP contribution is 2.49. The molecule has 1 aromatic rings. The number of hydrogen-bond donors (Lipinski definition) is 1. The van der Waals surface area contributed by atoms with Gasteiger partial charge < -0.3 is 10.0 Å². The highest BCUT2D eigenvalue weighted by atomic mass is 19.4. The minimum absolute atomic E-state index is 0.00770. The number of carbonyl (C=O) groups is 1. The molecule has 1 aliphatic heterocycles. The molecule has 132 valence electrons. The molecule has 7 heteroatoms. The Balaban J connectivity index is 1.54. The fourth-order valence-electron chi connectivity index (χ4n) is 3.51. The molecule has 3 unspecified atom stereocenters. The Morgan fingerprint density at radius 3 is 2.50 bits per heavy atom. The van der Waals surface area contributed by atoms with Gasteiger partial charge in [0.1, 0.15) is 5.82 Å². The van der Waals surface area contributed by atoms with Crippen LogP contribution < -0.4 is 0 Å². The fraction of sp³-hybridized carbons (Fsp3) is 0.588. The van der Waals surface area contributed by atoms with Crippen molar-refractivity contribution in [3.8, 4) is 0 Å². The Bertz CT molecular complexity index is 611. The quantitative estimate of drug-likeness (QED) is 0.856. The number of amides is 1. The maximum absolute atomic E-state index is 13.2. The minimum Gasteiger partial charge on any atom is -0.383 e. The molecule has 2 aliphatic rings. The third-order valence-electron chi connectivity index (χ3n) is 5.02. The number of hydrogen-bond acceptors (Lipinski definition) is 2. The van der Waals surface area contributed by atoms with Crippen LogP contribution in [0.1, 0.15) is 30.7 Å². The van der Waals surface area contributed by atoms with Gasteiger partial charge >= 0.3 is 6.18 Å². The normalized spacial score (nSPS) is 26.3. The van der Waals surface area contributed by atoms with E-state index in [1.807, 2.05) is 0 Å². The lowest BCUT2D eigenvalue weighted by molar-refractivity contribution is -0.223. The maximum Gasteiger partial charge on any atom is 0.414 e. The predicted molar refractivity (Wildman–Crippen MR) is 78.6 cm³/mol. The van der Waals surface area contributed by atoms with E-state index < -0.39 is 18.2 Å². The van der Waals surface area contributed by atoms with E-state index in [1.165, 1.54) is 12.1 Å². The summed E-state index contributed by atoms with van der Waals surface area (Å²) in [5, 5.41) is 9.31. The summed E-state index contributed by atoms with van der Waals surface area (Å²) in [6, 6.07) is 6.16. The van der Waals surface area contributed by atoms with E-state index in [-0.39, 0.29) is 49.5 Å². The van der Waals surface area contributed by atoms with Crippen LogP contribution in [0.15, 0.2) is 24.3 Å². The highest BCUT2D eigenvalue weighted by Gasteiger charge is 2.48. The van der Waals surface area contributed by atoms with Gasteiger partial charge in [-0.2, -0.15) is 13.2 Å². The van der Waals surface area contributed by atoms with E-state index in [2.05, 4.69) is 0 Å². The molecule has 1 aliphatic carbocycles. The number of carbonyl (C=O) groups excluding carboxylic acids is 1. The van der Waals surface area contributed by atoms with E-state index in [0.717, 1.165) is 5.56 Å². The topological polar surface area (TPSA) is 40.5 Å². The van der Waals surface area contributed by atoms with Gasteiger partial charge in [0.15, 0.2) is 6.10 Å². The zero-order valence-electron chi connectivity index (χ0n) is 13.0. The predicted octanol–water partition coefficient (Wildman–Crippen LogP) is 3.09. The molecule has 0 aromatic heterocycles. The number of aliphatic hydroxyl groups excluding tert-OH is 1. The molecule has 0 spiro atoms. The van der Waals surface area contributed by atoms with Crippen molar-refractivity contribution in [2.45, 2.75) is 37.5 Å². The summed E-state index contributed by atoms with van der Waals surface area (Å²) in [7, 11) is 0. The second kappa shape index (κ2) is 6.35. The van der Waals surface area contributed by atoms with Crippen molar-refractivity contribution in [2.75, 3.05) is 13.1 Å². The van der Waals surface area contributed by atoms with Crippen LogP contribution in [0.3, 0.4) is 0 Å². The van der Waals surface area contributed by atoms with E-state index in [0.29, 0.717) is 6.42 Å². The van der Waals surface area contributed by atoms with Crippen molar-refractivity contribution in [1.82, 2.24) is 4.90 Å². The number of halogens is 4. The summed E-state index contributed by atoms with van der Waals surface area (Å²) in [6.07, 6.45) is -6.01. The molecule has 2 fully saturated rings. The van der Waals surface area contributed by atoms with Crippen molar-refractivity contribution in [2.24, 2.45) is 11.8 Å². The Labute approximate surface area is 137 Å². The zero-order valence-corrected chi connectivity index (χ0v) is 13.0. The van der Waals surface area contributed by atoms with Crippen LogP contribution in [0, 0.1) is 17.7 Å². The van der Waals surface area contributed by atoms with Crippen LogP contribution in [-0.4, -0.2) is 41.3 Å². The molecule has 1 saturated heterocycles. The van der Waals surface area contributed by atoms with Crippen LogP contribution in [0.4, 0.5) is 17.6 Å². The van der Waals surface area contributed by atoms with Crippen LogP contribution in [0.2, 0.25) is 0 Å². The van der Waals surface area contributed by atoms with Crippen molar-refractivity contribution >= 4 is 5.91 Å². The maximum atomic E-state index is 13.2. The number of aliphatic hydroxyl groups is 1. The number of piperidine rings is 1. The molecular formula is C17H19F4NO2. The molecule has 3 rings (SSSR count). The van der Waals surface area contributed by atoms with Crippen molar-refractivity contribution in [3.05, 3.63) is 35.6 Å². The van der Waals surface area contributed by atoms with E-state index in [9.17, 15) is 27.5 Å². The average molecular weight is 345 g/mol. The van der Waals surface area contributed by atoms with E-state index >= 15 is 0 Å². The summed E-state index contributed by atoms with van der Waals surface area (Å²) in [6.45, 7) is 0.450. The molecular weight excluding hydrogens is 326 g/mol. The molecule has 0 bridgehead atoms. The lowest BCUT2D eigenvalue weighted by Crippen LogP contribution is -2.45. The van der Waals surface area contributed by atoms with Crippen LogP contribution in [0.5, 0.6) is 0 Å². The molecule has 3 atom stereocenters. The zero-order chi connectivity index (χ0) is 17.5. The van der Waals surface area contributed by atoms with Gasteiger partial charge in [0, 0.05) is 19.0 Å². The van der Waals surface area contributed by atoms with Crippen LogP contribution in [-0.2, 0) is 4.79 Å². The monoisotopic (exact) mass is 345 g/mol. The highest BCUT2D eigenvalue weighted by molar-refractivity contribution is 5.83. The van der Waals surface area contributed by atoms with Gasteiger partial charge in [-0.25, -0.2) is 4.39 Å². The number of alkyl halides is 3. The van der Waals surface area contributed by atoms with Crippen molar-refractivity contribution in [3.63, 3.8) is 0 Å². The Morgan fingerprint density at radius 1 is 1.25 bits per heavy atom. The second-order valence-corrected chi connectivity index (χ2v) is 6.65.